The molecule has 1 amide bonds. The number of aromatic nitrogens is 1. The Labute approximate surface area is 181 Å². The fourth-order valence-electron chi connectivity index (χ4n) is 3.53. The number of hydrogen-bond donors (Lipinski definition) is 1. The van der Waals surface area contributed by atoms with Crippen LogP contribution >= 0.6 is 0 Å². The quantitative estimate of drug-likeness (QED) is 0.568. The minimum absolute atomic E-state index is 0.157. The highest BCUT2D eigenvalue weighted by Crippen LogP contribution is 2.21. The first kappa shape index (κ1) is 22.0. The molecule has 1 heterocycles. The zero-order valence-electron chi connectivity index (χ0n) is 17.9. The number of esters is 1. The number of Topliss-reactive ketones (excluding diaryl/α,β-unsaturated/α-hetero) is 1. The molecule has 2 aromatic carbocycles. The van der Waals surface area contributed by atoms with Crippen LogP contribution in [0.3, 0.4) is 0 Å². The van der Waals surface area contributed by atoms with E-state index in [-0.39, 0.29) is 5.78 Å². The van der Waals surface area contributed by atoms with Gasteiger partial charge in [-0.25, -0.2) is 4.79 Å². The van der Waals surface area contributed by atoms with Crippen LogP contribution in [0.4, 0.5) is 0 Å². The summed E-state index contributed by atoms with van der Waals surface area (Å²) < 4.78 is 7.19. The second-order valence-corrected chi connectivity index (χ2v) is 7.45. The molecule has 1 aromatic heterocycles. The number of nitrogens with zero attached hydrogens (tertiary/aromatic N) is 1. The van der Waals surface area contributed by atoms with E-state index in [2.05, 4.69) is 5.32 Å². The summed E-state index contributed by atoms with van der Waals surface area (Å²) in [5.74, 6) is -1.25. The Hall–Kier alpha value is -3.67. The Morgan fingerprint density at radius 2 is 1.58 bits per heavy atom. The molecule has 3 aromatic rings. The molecule has 0 radical (unpaired) electrons. The van der Waals surface area contributed by atoms with Crippen molar-refractivity contribution in [3.63, 3.8) is 0 Å². The first-order chi connectivity index (χ1) is 14.9. The topological polar surface area (TPSA) is 77.4 Å². The summed E-state index contributed by atoms with van der Waals surface area (Å²) in [7, 11) is 0. The summed E-state index contributed by atoms with van der Waals surface area (Å²) in [6.07, 6.45) is 0.383. The number of benzene rings is 2. The number of carbonyl (C=O) groups excluding carboxylic acids is 3. The molecule has 0 fully saturated rings. The van der Waals surface area contributed by atoms with Gasteiger partial charge in [-0.15, -0.1) is 0 Å². The second kappa shape index (κ2) is 9.89. The van der Waals surface area contributed by atoms with Crippen LogP contribution in [0.15, 0.2) is 66.7 Å². The number of carbonyl (C=O) groups is 3. The summed E-state index contributed by atoms with van der Waals surface area (Å²) in [4.78, 5) is 36.8. The SMILES string of the molecule is CC(=O)C(Cc1ccccc1)NC(=O)COC(=O)c1cc(C)n(-c2ccccc2)c1C. The van der Waals surface area contributed by atoms with Crippen molar-refractivity contribution < 1.29 is 19.1 Å². The van der Waals surface area contributed by atoms with Crippen LogP contribution in [-0.2, 0) is 20.7 Å². The largest absolute Gasteiger partial charge is 0.452 e. The first-order valence-electron chi connectivity index (χ1n) is 10.1. The van der Waals surface area contributed by atoms with Gasteiger partial charge in [-0.3, -0.25) is 9.59 Å². The average Bonchev–Trinajstić information content (AvgIpc) is 3.06. The van der Waals surface area contributed by atoms with Gasteiger partial charge in [0, 0.05) is 17.1 Å². The molecule has 0 saturated heterocycles. The van der Waals surface area contributed by atoms with E-state index in [1.54, 1.807) is 6.07 Å². The predicted octanol–water partition coefficient (Wildman–Crippen LogP) is 3.57. The lowest BCUT2D eigenvalue weighted by Gasteiger charge is -2.16. The lowest BCUT2D eigenvalue weighted by atomic mass is 10.0. The number of ether oxygens (including phenoxy) is 1. The van der Waals surface area contributed by atoms with E-state index >= 15 is 0 Å². The van der Waals surface area contributed by atoms with E-state index in [0.29, 0.717) is 12.0 Å². The zero-order chi connectivity index (χ0) is 22.4. The van der Waals surface area contributed by atoms with Gasteiger partial charge in [-0.2, -0.15) is 0 Å². The summed E-state index contributed by atoms with van der Waals surface area (Å²) in [5, 5.41) is 2.66. The van der Waals surface area contributed by atoms with Crippen LogP contribution in [0.1, 0.15) is 34.2 Å². The number of aryl methyl sites for hydroxylation is 1. The Balaban J connectivity index is 1.62. The van der Waals surface area contributed by atoms with Crippen molar-refractivity contribution in [2.24, 2.45) is 0 Å². The van der Waals surface area contributed by atoms with Crippen molar-refractivity contribution in [3.8, 4) is 5.69 Å². The van der Waals surface area contributed by atoms with Gasteiger partial charge in [-0.05, 0) is 51.0 Å². The van der Waals surface area contributed by atoms with Gasteiger partial charge < -0.3 is 14.6 Å². The summed E-state index contributed by atoms with van der Waals surface area (Å²) >= 11 is 0. The molecule has 1 unspecified atom stereocenters. The fourth-order valence-corrected chi connectivity index (χ4v) is 3.53. The lowest BCUT2D eigenvalue weighted by Crippen LogP contribution is -2.43. The average molecular weight is 418 g/mol. The van der Waals surface area contributed by atoms with Gasteiger partial charge >= 0.3 is 5.97 Å². The number of hydrogen-bond acceptors (Lipinski definition) is 4. The molecule has 0 aliphatic carbocycles. The highest BCUT2D eigenvalue weighted by atomic mass is 16.5. The van der Waals surface area contributed by atoms with Crippen molar-refractivity contribution in [2.75, 3.05) is 6.61 Å². The third-order valence-corrected chi connectivity index (χ3v) is 5.11. The Morgan fingerprint density at radius 3 is 2.19 bits per heavy atom. The minimum Gasteiger partial charge on any atom is -0.452 e. The molecule has 6 heteroatoms. The summed E-state index contributed by atoms with van der Waals surface area (Å²) in [6.45, 7) is 4.72. The van der Waals surface area contributed by atoms with Gasteiger partial charge in [0.25, 0.3) is 5.91 Å². The molecule has 6 nitrogen and oxygen atoms in total. The lowest BCUT2D eigenvalue weighted by molar-refractivity contribution is -0.128. The third kappa shape index (κ3) is 5.48. The Bertz CT molecular complexity index is 1070. The highest BCUT2D eigenvalue weighted by molar-refractivity contribution is 5.94. The number of nitrogens with one attached hydrogen (secondary N) is 1. The summed E-state index contributed by atoms with van der Waals surface area (Å²) in [6, 6.07) is 20.2. The molecule has 160 valence electrons. The maximum absolute atomic E-state index is 12.6. The molecule has 0 aliphatic rings. The number of ketones is 1. The van der Waals surface area contributed by atoms with Crippen molar-refractivity contribution >= 4 is 17.7 Å². The molecule has 3 rings (SSSR count). The number of para-hydroxylation sites is 1. The predicted molar refractivity (Wildman–Crippen MR) is 118 cm³/mol. The molecule has 0 aliphatic heterocycles. The molecular formula is C25H26N2O4. The van der Waals surface area contributed by atoms with E-state index in [0.717, 1.165) is 22.6 Å². The molecular weight excluding hydrogens is 392 g/mol. The summed E-state index contributed by atoms with van der Waals surface area (Å²) in [5.41, 5.74) is 3.91. The van der Waals surface area contributed by atoms with Crippen molar-refractivity contribution in [3.05, 3.63) is 89.2 Å². The van der Waals surface area contributed by atoms with E-state index in [1.165, 1.54) is 6.92 Å². The maximum Gasteiger partial charge on any atom is 0.340 e. The van der Waals surface area contributed by atoms with Gasteiger partial charge in [0.2, 0.25) is 0 Å². The maximum atomic E-state index is 12.6. The number of rotatable bonds is 8. The van der Waals surface area contributed by atoms with E-state index in [4.69, 9.17) is 4.74 Å². The van der Waals surface area contributed by atoms with Crippen LogP contribution in [-0.4, -0.2) is 34.9 Å². The second-order valence-electron chi connectivity index (χ2n) is 7.45. The van der Waals surface area contributed by atoms with Crippen LogP contribution in [0.5, 0.6) is 0 Å². The minimum atomic E-state index is -0.670. The van der Waals surface area contributed by atoms with Crippen molar-refractivity contribution in [1.82, 2.24) is 9.88 Å². The van der Waals surface area contributed by atoms with Crippen molar-refractivity contribution in [2.45, 2.75) is 33.2 Å². The normalized spacial score (nSPS) is 11.6. The van der Waals surface area contributed by atoms with Gasteiger partial charge in [0.05, 0.1) is 11.6 Å². The molecule has 0 spiro atoms. The first-order valence-corrected chi connectivity index (χ1v) is 10.1. The zero-order valence-corrected chi connectivity index (χ0v) is 17.9. The number of amides is 1. The van der Waals surface area contributed by atoms with Gasteiger partial charge in [0.1, 0.15) is 0 Å². The third-order valence-electron chi connectivity index (χ3n) is 5.11. The molecule has 1 N–H and O–H groups in total. The highest BCUT2D eigenvalue weighted by Gasteiger charge is 2.21. The van der Waals surface area contributed by atoms with E-state index in [1.807, 2.05) is 79.1 Å². The van der Waals surface area contributed by atoms with Crippen LogP contribution in [0.2, 0.25) is 0 Å². The molecule has 0 bridgehead atoms. The Morgan fingerprint density at radius 1 is 0.968 bits per heavy atom. The fraction of sp³-hybridized carbons (Fsp3) is 0.240. The van der Waals surface area contributed by atoms with Crippen LogP contribution in [0.25, 0.3) is 5.69 Å². The van der Waals surface area contributed by atoms with Crippen molar-refractivity contribution in [1.29, 1.82) is 0 Å². The van der Waals surface area contributed by atoms with Crippen LogP contribution in [0, 0.1) is 13.8 Å². The molecule has 0 saturated carbocycles. The molecule has 1 atom stereocenters. The van der Waals surface area contributed by atoms with Gasteiger partial charge in [-0.1, -0.05) is 48.5 Å². The van der Waals surface area contributed by atoms with E-state index in [9.17, 15) is 14.4 Å². The standard InChI is InChI=1S/C25H26N2O4/c1-17-14-22(18(2)27(17)21-12-8-5-9-13-21)25(30)31-16-24(29)26-23(19(3)28)15-20-10-6-4-7-11-20/h4-14,23H,15-16H2,1-3H3,(H,26,29). The van der Waals surface area contributed by atoms with Gasteiger partial charge in [0.15, 0.2) is 12.4 Å². The Kier molecular flexibility index (Phi) is 7.03. The smallest absolute Gasteiger partial charge is 0.340 e. The van der Waals surface area contributed by atoms with Crippen LogP contribution < -0.4 is 5.32 Å². The monoisotopic (exact) mass is 418 g/mol. The van der Waals surface area contributed by atoms with E-state index < -0.39 is 24.5 Å². The molecule has 31 heavy (non-hydrogen) atoms.